The first-order valence-electron chi connectivity index (χ1n) is 4.18. The van der Waals surface area contributed by atoms with Gasteiger partial charge in [0.1, 0.15) is 0 Å². The first kappa shape index (κ1) is 8.62. The normalized spacial score (nSPS) is 43.3. The maximum Gasteiger partial charge on any atom is 0.0781 e. The summed E-state index contributed by atoms with van der Waals surface area (Å²) in [5.41, 5.74) is -0.738. The van der Waals surface area contributed by atoms with E-state index < -0.39 is 5.60 Å². The first-order valence-corrected chi connectivity index (χ1v) is 4.18. The van der Waals surface area contributed by atoms with E-state index in [-0.39, 0.29) is 5.41 Å². The zero-order chi connectivity index (χ0) is 8.54. The molecule has 1 fully saturated rings. The average Bonchev–Trinajstić information content (AvgIpc) is 2.09. The maximum absolute atomic E-state index is 9.94. The van der Waals surface area contributed by atoms with E-state index in [1.54, 1.807) is 0 Å². The molecule has 1 aliphatic carbocycles. The van der Waals surface area contributed by atoms with Gasteiger partial charge in [0.25, 0.3) is 0 Å². The quantitative estimate of drug-likeness (QED) is 0.526. The second-order valence-corrected chi connectivity index (χ2v) is 3.83. The van der Waals surface area contributed by atoms with E-state index in [4.69, 9.17) is 0 Å². The van der Waals surface area contributed by atoms with Gasteiger partial charge in [0, 0.05) is 0 Å². The standard InChI is InChI=1S/C10H16O/c1-4-6-9(2)7-5-8-10(9,3)11/h11H,5,7-8H2,1-3H3. The zero-order valence-corrected chi connectivity index (χ0v) is 7.57. The first-order chi connectivity index (χ1) is 5.02. The minimum Gasteiger partial charge on any atom is -0.389 e. The van der Waals surface area contributed by atoms with Crippen molar-refractivity contribution in [1.29, 1.82) is 0 Å². The minimum atomic E-state index is -0.573. The summed E-state index contributed by atoms with van der Waals surface area (Å²) in [6.45, 7) is 5.78. The van der Waals surface area contributed by atoms with Crippen molar-refractivity contribution in [3.05, 3.63) is 0 Å². The third kappa shape index (κ3) is 1.28. The molecule has 1 nitrogen and oxygen atoms in total. The molecule has 0 spiro atoms. The van der Waals surface area contributed by atoms with Crippen molar-refractivity contribution in [3.8, 4) is 11.8 Å². The summed E-state index contributed by atoms with van der Waals surface area (Å²) in [6.07, 6.45) is 3.01. The second kappa shape index (κ2) is 2.53. The van der Waals surface area contributed by atoms with E-state index in [0.717, 1.165) is 19.3 Å². The molecule has 62 valence electrons. The van der Waals surface area contributed by atoms with Gasteiger partial charge in [-0.1, -0.05) is 5.92 Å². The maximum atomic E-state index is 9.94. The third-order valence-corrected chi connectivity index (χ3v) is 2.93. The van der Waals surface area contributed by atoms with Crippen molar-refractivity contribution in [3.63, 3.8) is 0 Å². The van der Waals surface area contributed by atoms with Gasteiger partial charge in [-0.2, -0.15) is 0 Å². The average molecular weight is 152 g/mol. The van der Waals surface area contributed by atoms with Crippen molar-refractivity contribution in [1.82, 2.24) is 0 Å². The molecule has 1 heteroatoms. The molecule has 11 heavy (non-hydrogen) atoms. The van der Waals surface area contributed by atoms with Gasteiger partial charge in [0.2, 0.25) is 0 Å². The predicted molar refractivity (Wildman–Crippen MR) is 46.0 cm³/mol. The van der Waals surface area contributed by atoms with Crippen LogP contribution in [0.4, 0.5) is 0 Å². The molecule has 0 saturated heterocycles. The Balaban J connectivity index is 2.90. The highest BCUT2D eigenvalue weighted by molar-refractivity contribution is 5.18. The van der Waals surface area contributed by atoms with Crippen LogP contribution in [-0.4, -0.2) is 10.7 Å². The van der Waals surface area contributed by atoms with Crippen LogP contribution >= 0.6 is 0 Å². The molecule has 1 saturated carbocycles. The van der Waals surface area contributed by atoms with Crippen LogP contribution < -0.4 is 0 Å². The Morgan fingerprint density at radius 1 is 1.27 bits per heavy atom. The van der Waals surface area contributed by atoms with Crippen LogP contribution in [0.1, 0.15) is 40.0 Å². The lowest BCUT2D eigenvalue weighted by atomic mass is 9.78. The topological polar surface area (TPSA) is 20.2 Å². The number of hydrogen-bond acceptors (Lipinski definition) is 1. The Labute approximate surface area is 68.8 Å². The van der Waals surface area contributed by atoms with Crippen molar-refractivity contribution in [2.24, 2.45) is 5.41 Å². The molecule has 0 amide bonds. The Morgan fingerprint density at radius 3 is 2.27 bits per heavy atom. The summed E-state index contributed by atoms with van der Waals surface area (Å²) in [5, 5.41) is 9.94. The molecule has 2 unspecified atom stereocenters. The van der Waals surface area contributed by atoms with Crippen LogP contribution in [0.3, 0.4) is 0 Å². The summed E-state index contributed by atoms with van der Waals surface area (Å²) in [5.74, 6) is 6.01. The lowest BCUT2D eigenvalue weighted by Gasteiger charge is -2.31. The van der Waals surface area contributed by atoms with E-state index in [9.17, 15) is 5.11 Å². The highest BCUT2D eigenvalue weighted by atomic mass is 16.3. The molecule has 0 aliphatic heterocycles. The fourth-order valence-electron chi connectivity index (χ4n) is 1.80. The Bertz CT molecular complexity index is 207. The molecule has 1 aliphatic rings. The summed E-state index contributed by atoms with van der Waals surface area (Å²) < 4.78 is 0. The van der Waals surface area contributed by atoms with Gasteiger partial charge in [-0.25, -0.2) is 0 Å². The number of aliphatic hydroxyl groups is 1. The van der Waals surface area contributed by atoms with Gasteiger partial charge in [0.15, 0.2) is 0 Å². The lowest BCUT2D eigenvalue weighted by Crippen LogP contribution is -2.37. The van der Waals surface area contributed by atoms with Crippen LogP contribution in [-0.2, 0) is 0 Å². The smallest absolute Gasteiger partial charge is 0.0781 e. The van der Waals surface area contributed by atoms with Crippen LogP contribution in [0.25, 0.3) is 0 Å². The fourth-order valence-corrected chi connectivity index (χ4v) is 1.80. The molecule has 0 aromatic heterocycles. The highest BCUT2D eigenvalue weighted by Gasteiger charge is 2.46. The number of hydrogen-bond donors (Lipinski definition) is 1. The lowest BCUT2D eigenvalue weighted by molar-refractivity contribution is -0.00431. The molecule has 0 heterocycles. The summed E-state index contributed by atoms with van der Waals surface area (Å²) >= 11 is 0. The monoisotopic (exact) mass is 152 g/mol. The molecule has 0 radical (unpaired) electrons. The van der Waals surface area contributed by atoms with Crippen LogP contribution in [0, 0.1) is 17.3 Å². The summed E-state index contributed by atoms with van der Waals surface area (Å²) in [7, 11) is 0. The Hall–Kier alpha value is -0.480. The largest absolute Gasteiger partial charge is 0.389 e. The SMILES string of the molecule is CC#CC1(C)CCCC1(C)O. The van der Waals surface area contributed by atoms with Gasteiger partial charge in [-0.05, 0) is 40.0 Å². The fraction of sp³-hybridized carbons (Fsp3) is 0.800. The van der Waals surface area contributed by atoms with Gasteiger partial charge >= 0.3 is 0 Å². The van der Waals surface area contributed by atoms with E-state index in [2.05, 4.69) is 18.8 Å². The van der Waals surface area contributed by atoms with Crippen LogP contribution in [0.2, 0.25) is 0 Å². The predicted octanol–water partition coefficient (Wildman–Crippen LogP) is 1.95. The second-order valence-electron chi connectivity index (χ2n) is 3.83. The Kier molecular flexibility index (Phi) is 1.98. The molecular formula is C10H16O. The van der Waals surface area contributed by atoms with E-state index in [1.807, 2.05) is 13.8 Å². The third-order valence-electron chi connectivity index (χ3n) is 2.93. The Morgan fingerprint density at radius 2 is 1.91 bits per heavy atom. The van der Waals surface area contributed by atoms with Gasteiger partial charge in [-0.3, -0.25) is 0 Å². The van der Waals surface area contributed by atoms with E-state index in [1.165, 1.54) is 0 Å². The molecular weight excluding hydrogens is 136 g/mol. The summed E-state index contributed by atoms with van der Waals surface area (Å²) in [4.78, 5) is 0. The van der Waals surface area contributed by atoms with Crippen molar-refractivity contribution in [2.75, 3.05) is 0 Å². The van der Waals surface area contributed by atoms with Crippen molar-refractivity contribution < 1.29 is 5.11 Å². The van der Waals surface area contributed by atoms with Crippen molar-refractivity contribution >= 4 is 0 Å². The van der Waals surface area contributed by atoms with E-state index in [0.29, 0.717) is 0 Å². The highest BCUT2D eigenvalue weighted by Crippen LogP contribution is 2.45. The van der Waals surface area contributed by atoms with Crippen LogP contribution in [0.5, 0.6) is 0 Å². The molecule has 2 atom stereocenters. The zero-order valence-electron chi connectivity index (χ0n) is 7.57. The van der Waals surface area contributed by atoms with Crippen molar-refractivity contribution in [2.45, 2.75) is 45.6 Å². The molecule has 0 aromatic rings. The molecule has 1 N–H and O–H groups in total. The molecule has 0 aromatic carbocycles. The molecule has 0 bridgehead atoms. The summed E-state index contributed by atoms with van der Waals surface area (Å²) in [6, 6.07) is 0. The van der Waals surface area contributed by atoms with Gasteiger partial charge < -0.3 is 5.11 Å². The van der Waals surface area contributed by atoms with E-state index >= 15 is 0 Å². The van der Waals surface area contributed by atoms with Gasteiger partial charge in [-0.15, -0.1) is 5.92 Å². The number of rotatable bonds is 0. The molecule has 1 rings (SSSR count). The minimum absolute atomic E-state index is 0.165. The van der Waals surface area contributed by atoms with Crippen LogP contribution in [0.15, 0.2) is 0 Å². The van der Waals surface area contributed by atoms with Gasteiger partial charge in [0.05, 0.1) is 11.0 Å².